The van der Waals surface area contributed by atoms with E-state index in [0.717, 1.165) is 51.4 Å². The van der Waals surface area contributed by atoms with E-state index >= 15 is 0 Å². The second kappa shape index (κ2) is 10.8. The Morgan fingerprint density at radius 3 is 2.58 bits per heavy atom. The van der Waals surface area contributed by atoms with Gasteiger partial charge in [0.15, 0.2) is 5.96 Å². The Morgan fingerprint density at radius 1 is 1.12 bits per heavy atom. The number of rotatable bonds is 5. The van der Waals surface area contributed by atoms with Crippen molar-refractivity contribution in [3.05, 3.63) is 0 Å². The third kappa shape index (κ3) is 6.00. The highest BCUT2D eigenvalue weighted by atomic mass is 127. The molecule has 0 aromatic carbocycles. The maximum Gasteiger partial charge on any atom is 0.191 e. The zero-order valence-electron chi connectivity index (χ0n) is 15.0. The predicted molar refractivity (Wildman–Crippen MR) is 109 cm³/mol. The molecule has 7 heteroatoms. The smallest absolute Gasteiger partial charge is 0.191 e. The number of aliphatic imine (C=N–C) groups is 1. The molecule has 1 unspecified atom stereocenters. The molecule has 2 N–H and O–H groups in total. The van der Waals surface area contributed by atoms with Crippen molar-refractivity contribution in [1.82, 2.24) is 20.4 Å². The summed E-state index contributed by atoms with van der Waals surface area (Å²) < 4.78 is 5.39. The van der Waals surface area contributed by atoms with Crippen LogP contribution in [0.5, 0.6) is 0 Å². The Hall–Kier alpha value is -0.120. The van der Waals surface area contributed by atoms with Crippen molar-refractivity contribution in [1.29, 1.82) is 0 Å². The molecule has 0 aromatic heterocycles. The Bertz CT molecular complexity index is 383. The summed E-state index contributed by atoms with van der Waals surface area (Å²) in [6.45, 7) is 8.25. The van der Waals surface area contributed by atoms with Gasteiger partial charge in [-0.15, -0.1) is 24.0 Å². The zero-order valence-corrected chi connectivity index (χ0v) is 17.3. The van der Waals surface area contributed by atoms with Gasteiger partial charge >= 0.3 is 0 Å². The summed E-state index contributed by atoms with van der Waals surface area (Å²) in [6, 6.07) is 1.39. The number of nitrogens with zero attached hydrogens (tertiary/aromatic N) is 3. The van der Waals surface area contributed by atoms with Crippen LogP contribution in [0.2, 0.25) is 0 Å². The number of hydrogen-bond donors (Lipinski definition) is 2. The summed E-state index contributed by atoms with van der Waals surface area (Å²) in [4.78, 5) is 9.52. The van der Waals surface area contributed by atoms with Crippen LogP contribution < -0.4 is 10.6 Å². The Labute approximate surface area is 163 Å². The third-order valence-electron chi connectivity index (χ3n) is 5.45. The largest absolute Gasteiger partial charge is 0.379 e. The van der Waals surface area contributed by atoms with Gasteiger partial charge in [0.1, 0.15) is 0 Å². The molecule has 0 bridgehead atoms. The minimum Gasteiger partial charge on any atom is -0.379 e. The lowest BCUT2D eigenvalue weighted by Gasteiger charge is -2.27. The molecule has 140 valence electrons. The van der Waals surface area contributed by atoms with Crippen LogP contribution in [0.25, 0.3) is 0 Å². The van der Waals surface area contributed by atoms with Gasteiger partial charge in [-0.05, 0) is 19.3 Å². The lowest BCUT2D eigenvalue weighted by molar-refractivity contribution is 0.0389. The van der Waals surface area contributed by atoms with Crippen molar-refractivity contribution in [2.45, 2.75) is 44.2 Å². The summed E-state index contributed by atoms with van der Waals surface area (Å²) >= 11 is 0. The third-order valence-corrected chi connectivity index (χ3v) is 5.45. The summed E-state index contributed by atoms with van der Waals surface area (Å²) in [6.07, 6.45) is 6.88. The fourth-order valence-electron chi connectivity index (χ4n) is 4.05. The molecule has 3 rings (SSSR count). The molecule has 6 nitrogen and oxygen atoms in total. The van der Waals surface area contributed by atoms with Crippen molar-refractivity contribution in [2.75, 3.05) is 59.5 Å². The predicted octanol–water partition coefficient (Wildman–Crippen LogP) is 1.12. The minimum absolute atomic E-state index is 0. The van der Waals surface area contributed by atoms with Crippen LogP contribution in [0.4, 0.5) is 0 Å². The van der Waals surface area contributed by atoms with Crippen LogP contribution in [0.1, 0.15) is 32.1 Å². The molecule has 1 saturated carbocycles. The van der Waals surface area contributed by atoms with Crippen molar-refractivity contribution in [3.63, 3.8) is 0 Å². The first kappa shape index (κ1) is 20.2. The summed E-state index contributed by atoms with van der Waals surface area (Å²) in [5, 5.41) is 7.08. The van der Waals surface area contributed by atoms with Crippen molar-refractivity contribution in [2.24, 2.45) is 4.99 Å². The fourth-order valence-corrected chi connectivity index (χ4v) is 4.05. The van der Waals surface area contributed by atoms with Gasteiger partial charge in [0.25, 0.3) is 0 Å². The van der Waals surface area contributed by atoms with E-state index in [2.05, 4.69) is 25.4 Å². The van der Waals surface area contributed by atoms with E-state index in [1.807, 2.05) is 7.05 Å². The van der Waals surface area contributed by atoms with Gasteiger partial charge in [-0.1, -0.05) is 12.8 Å². The van der Waals surface area contributed by atoms with Gasteiger partial charge in [-0.25, -0.2) is 0 Å². The normalized spacial score (nSPS) is 27.2. The number of nitrogens with one attached hydrogen (secondary N) is 2. The highest BCUT2D eigenvalue weighted by molar-refractivity contribution is 14.0. The standard InChI is InChI=1S/C17H33N5O.HI/c1-18-17(19-7-9-21-10-12-23-13-11-21)20-15-6-8-22(14-15)16-4-2-3-5-16;/h15-16H,2-14H2,1H3,(H2,18,19,20);1H. The van der Waals surface area contributed by atoms with Crippen LogP contribution in [0, 0.1) is 0 Å². The maximum atomic E-state index is 5.39. The Kier molecular flexibility index (Phi) is 9.07. The van der Waals surface area contributed by atoms with Gasteiger partial charge in [0.05, 0.1) is 13.2 Å². The van der Waals surface area contributed by atoms with Crippen LogP contribution in [0.15, 0.2) is 4.99 Å². The second-order valence-corrected chi connectivity index (χ2v) is 7.02. The number of halogens is 1. The molecule has 0 radical (unpaired) electrons. The van der Waals surface area contributed by atoms with E-state index in [4.69, 9.17) is 4.74 Å². The SMILES string of the molecule is CN=C(NCCN1CCOCC1)NC1CCN(C2CCCC2)C1.I. The van der Waals surface area contributed by atoms with E-state index in [0.29, 0.717) is 6.04 Å². The fraction of sp³-hybridized carbons (Fsp3) is 0.941. The lowest BCUT2D eigenvalue weighted by atomic mass is 10.2. The average molecular weight is 451 g/mol. The molecule has 24 heavy (non-hydrogen) atoms. The maximum absolute atomic E-state index is 5.39. The van der Waals surface area contributed by atoms with Gasteiger partial charge in [-0.3, -0.25) is 14.8 Å². The zero-order chi connectivity index (χ0) is 15.9. The first-order valence-corrected chi connectivity index (χ1v) is 9.36. The summed E-state index contributed by atoms with van der Waals surface area (Å²) in [5.41, 5.74) is 0. The van der Waals surface area contributed by atoms with E-state index in [1.165, 1.54) is 45.2 Å². The summed E-state index contributed by atoms with van der Waals surface area (Å²) in [5.74, 6) is 0.955. The van der Waals surface area contributed by atoms with Crippen LogP contribution in [-0.2, 0) is 4.74 Å². The monoisotopic (exact) mass is 451 g/mol. The van der Waals surface area contributed by atoms with Crippen LogP contribution in [-0.4, -0.2) is 87.4 Å². The van der Waals surface area contributed by atoms with Crippen molar-refractivity contribution >= 4 is 29.9 Å². The quantitative estimate of drug-likeness (QED) is 0.373. The van der Waals surface area contributed by atoms with Crippen molar-refractivity contribution in [3.8, 4) is 0 Å². The number of hydrogen-bond acceptors (Lipinski definition) is 4. The van der Waals surface area contributed by atoms with E-state index in [9.17, 15) is 0 Å². The molecule has 2 heterocycles. The topological polar surface area (TPSA) is 52.1 Å². The first-order chi connectivity index (χ1) is 11.3. The van der Waals surface area contributed by atoms with Gasteiger partial charge in [0.2, 0.25) is 0 Å². The van der Waals surface area contributed by atoms with E-state index in [1.54, 1.807) is 0 Å². The van der Waals surface area contributed by atoms with Gasteiger partial charge in [0, 0.05) is 58.4 Å². The highest BCUT2D eigenvalue weighted by Gasteiger charge is 2.30. The lowest BCUT2D eigenvalue weighted by Crippen LogP contribution is -2.48. The first-order valence-electron chi connectivity index (χ1n) is 9.36. The molecular weight excluding hydrogens is 417 g/mol. The number of ether oxygens (including phenoxy) is 1. The number of morpholine rings is 1. The highest BCUT2D eigenvalue weighted by Crippen LogP contribution is 2.26. The average Bonchev–Trinajstić information content (AvgIpc) is 3.26. The molecule has 0 amide bonds. The van der Waals surface area contributed by atoms with Crippen LogP contribution in [0.3, 0.4) is 0 Å². The molecule has 3 fully saturated rings. The molecule has 2 aliphatic heterocycles. The molecule has 2 saturated heterocycles. The van der Waals surface area contributed by atoms with Gasteiger partial charge < -0.3 is 15.4 Å². The van der Waals surface area contributed by atoms with E-state index in [-0.39, 0.29) is 24.0 Å². The van der Waals surface area contributed by atoms with Crippen molar-refractivity contribution < 1.29 is 4.74 Å². The van der Waals surface area contributed by atoms with Crippen LogP contribution >= 0.6 is 24.0 Å². The molecule has 1 aliphatic carbocycles. The minimum atomic E-state index is 0. The second-order valence-electron chi connectivity index (χ2n) is 7.02. The molecule has 0 aromatic rings. The summed E-state index contributed by atoms with van der Waals surface area (Å²) in [7, 11) is 1.87. The molecule has 3 aliphatic rings. The van der Waals surface area contributed by atoms with Gasteiger partial charge in [-0.2, -0.15) is 0 Å². The molecular formula is C17H34IN5O. The number of likely N-dealkylation sites (tertiary alicyclic amines) is 1. The Balaban J connectivity index is 0.00000208. The molecule has 1 atom stereocenters. The van der Waals surface area contributed by atoms with E-state index < -0.39 is 0 Å². The Morgan fingerprint density at radius 2 is 1.88 bits per heavy atom. The molecule has 0 spiro atoms. The number of guanidine groups is 1.